The molecule has 0 radical (unpaired) electrons. The summed E-state index contributed by atoms with van der Waals surface area (Å²) in [5.41, 5.74) is 0. The molecule has 1 N–H and O–H groups in total. The third kappa shape index (κ3) is 3.46. The van der Waals surface area contributed by atoms with E-state index >= 15 is 0 Å². The molecule has 17 heavy (non-hydrogen) atoms. The van der Waals surface area contributed by atoms with Gasteiger partial charge in [0.15, 0.2) is 0 Å². The van der Waals surface area contributed by atoms with Gasteiger partial charge in [-0.05, 0) is 0 Å². The molecule has 0 bridgehead atoms. The van der Waals surface area contributed by atoms with Crippen LogP contribution in [-0.4, -0.2) is 25.9 Å². The standard InChI is InChI=1S/C15H17AsO/c1-13(17)12-16(14-8-4-2-5-9-14)15-10-6-3-7-11-15/h2-11,13,17H,12H2,1H3. The Morgan fingerprint density at radius 1 is 0.882 bits per heavy atom. The van der Waals surface area contributed by atoms with Gasteiger partial charge in [0.2, 0.25) is 0 Å². The van der Waals surface area contributed by atoms with Crippen LogP contribution < -0.4 is 8.70 Å². The second-order valence-corrected chi connectivity index (χ2v) is 8.86. The Hall–Kier alpha value is -1.04. The van der Waals surface area contributed by atoms with Gasteiger partial charge in [0.25, 0.3) is 0 Å². The molecule has 2 rings (SSSR count). The summed E-state index contributed by atoms with van der Waals surface area (Å²) in [6.45, 7) is 1.88. The molecule has 0 aliphatic carbocycles. The monoisotopic (exact) mass is 288 g/mol. The van der Waals surface area contributed by atoms with Crippen LogP contribution in [0.25, 0.3) is 0 Å². The summed E-state index contributed by atoms with van der Waals surface area (Å²) < 4.78 is 2.82. The van der Waals surface area contributed by atoms with Crippen LogP contribution in [0.5, 0.6) is 0 Å². The number of hydrogen-bond acceptors (Lipinski definition) is 1. The first kappa shape index (κ1) is 12.4. The SMILES string of the molecule is CC(O)C[As](c1ccccc1)c1ccccc1. The summed E-state index contributed by atoms with van der Waals surface area (Å²) in [5.74, 6) is 0. The van der Waals surface area contributed by atoms with E-state index in [1.165, 1.54) is 8.70 Å². The number of aliphatic hydroxyl groups is 1. The molecule has 0 saturated heterocycles. The minimum absolute atomic E-state index is 0.226. The van der Waals surface area contributed by atoms with E-state index in [4.69, 9.17) is 0 Å². The van der Waals surface area contributed by atoms with Gasteiger partial charge < -0.3 is 0 Å². The van der Waals surface area contributed by atoms with Crippen LogP contribution in [-0.2, 0) is 0 Å². The third-order valence-electron chi connectivity index (χ3n) is 2.58. The summed E-state index contributed by atoms with van der Waals surface area (Å²) in [5, 5.41) is 10.6. The second-order valence-electron chi connectivity index (χ2n) is 4.13. The van der Waals surface area contributed by atoms with Crippen molar-refractivity contribution < 1.29 is 5.11 Å². The van der Waals surface area contributed by atoms with Crippen molar-refractivity contribution in [3.05, 3.63) is 60.7 Å². The van der Waals surface area contributed by atoms with E-state index in [1.807, 2.05) is 19.1 Å². The van der Waals surface area contributed by atoms with Crippen LogP contribution in [0.1, 0.15) is 6.92 Å². The molecule has 0 spiro atoms. The number of benzene rings is 2. The first-order valence-electron chi connectivity index (χ1n) is 5.83. The molecule has 0 aliphatic heterocycles. The van der Waals surface area contributed by atoms with Crippen LogP contribution in [0.15, 0.2) is 60.7 Å². The number of aliphatic hydroxyl groups excluding tert-OH is 1. The maximum absolute atomic E-state index is 9.68. The number of rotatable bonds is 4. The van der Waals surface area contributed by atoms with E-state index in [0.717, 1.165) is 5.21 Å². The molecule has 2 heteroatoms. The predicted molar refractivity (Wildman–Crippen MR) is 74.4 cm³/mol. The minimum atomic E-state index is -1.33. The second kappa shape index (κ2) is 6.04. The first-order valence-corrected chi connectivity index (χ1v) is 9.03. The molecule has 88 valence electrons. The van der Waals surface area contributed by atoms with E-state index in [-0.39, 0.29) is 6.10 Å². The Balaban J connectivity index is 2.32. The quantitative estimate of drug-likeness (QED) is 0.849. The Labute approximate surface area is 107 Å². The Morgan fingerprint density at radius 2 is 1.29 bits per heavy atom. The van der Waals surface area contributed by atoms with Crippen LogP contribution in [0.4, 0.5) is 0 Å². The van der Waals surface area contributed by atoms with Crippen molar-refractivity contribution in [2.75, 3.05) is 0 Å². The van der Waals surface area contributed by atoms with Gasteiger partial charge >= 0.3 is 107 Å². The fraction of sp³-hybridized carbons (Fsp3) is 0.200. The van der Waals surface area contributed by atoms with Crippen LogP contribution in [0.3, 0.4) is 0 Å². The average Bonchev–Trinajstić information content (AvgIpc) is 2.38. The zero-order valence-electron chi connectivity index (χ0n) is 9.95. The van der Waals surface area contributed by atoms with Gasteiger partial charge in [0.1, 0.15) is 0 Å². The Morgan fingerprint density at radius 3 is 1.65 bits per heavy atom. The van der Waals surface area contributed by atoms with Crippen molar-refractivity contribution in [3.63, 3.8) is 0 Å². The third-order valence-corrected chi connectivity index (χ3v) is 8.32. The van der Waals surface area contributed by atoms with Gasteiger partial charge in [0.05, 0.1) is 0 Å². The van der Waals surface area contributed by atoms with Crippen molar-refractivity contribution in [2.24, 2.45) is 0 Å². The summed E-state index contributed by atoms with van der Waals surface area (Å²) in [4.78, 5) is 0. The van der Waals surface area contributed by atoms with Crippen molar-refractivity contribution in [1.29, 1.82) is 0 Å². The molecule has 0 aliphatic rings. The Bertz CT molecular complexity index is 399. The molecule has 0 heterocycles. The van der Waals surface area contributed by atoms with Gasteiger partial charge in [-0.3, -0.25) is 0 Å². The van der Waals surface area contributed by atoms with E-state index in [9.17, 15) is 5.11 Å². The van der Waals surface area contributed by atoms with Crippen LogP contribution >= 0.6 is 0 Å². The van der Waals surface area contributed by atoms with Gasteiger partial charge in [0, 0.05) is 0 Å². The maximum atomic E-state index is 9.68. The van der Waals surface area contributed by atoms with Gasteiger partial charge in [-0.25, -0.2) is 0 Å². The molecular formula is C15H17AsO. The molecule has 2 aromatic rings. The molecule has 0 fully saturated rings. The number of hydrogen-bond donors (Lipinski definition) is 1. The first-order chi connectivity index (χ1) is 8.27. The fourth-order valence-corrected chi connectivity index (χ4v) is 6.69. The summed E-state index contributed by atoms with van der Waals surface area (Å²) >= 11 is -1.33. The molecule has 2 aromatic carbocycles. The van der Waals surface area contributed by atoms with E-state index in [2.05, 4.69) is 48.5 Å². The zero-order chi connectivity index (χ0) is 12.1. The molecule has 0 aromatic heterocycles. The molecule has 0 amide bonds. The van der Waals surface area contributed by atoms with Gasteiger partial charge in [-0.2, -0.15) is 0 Å². The van der Waals surface area contributed by atoms with E-state index < -0.39 is 14.7 Å². The van der Waals surface area contributed by atoms with E-state index in [0.29, 0.717) is 0 Å². The Kier molecular flexibility index (Phi) is 4.41. The topological polar surface area (TPSA) is 20.2 Å². The molecule has 1 atom stereocenters. The predicted octanol–water partition coefficient (Wildman–Crippen LogP) is 1.68. The van der Waals surface area contributed by atoms with Crippen molar-refractivity contribution in [1.82, 2.24) is 0 Å². The molecule has 1 unspecified atom stereocenters. The molecule has 0 saturated carbocycles. The van der Waals surface area contributed by atoms with Gasteiger partial charge in [-0.1, -0.05) is 0 Å². The van der Waals surface area contributed by atoms with Crippen molar-refractivity contribution >= 4 is 23.4 Å². The van der Waals surface area contributed by atoms with Crippen molar-refractivity contribution in [3.8, 4) is 0 Å². The molecule has 1 nitrogen and oxygen atoms in total. The molecular weight excluding hydrogens is 271 g/mol. The summed E-state index contributed by atoms with van der Waals surface area (Å²) in [6, 6.07) is 21.2. The fourth-order valence-electron chi connectivity index (χ4n) is 1.84. The summed E-state index contributed by atoms with van der Waals surface area (Å²) in [7, 11) is 0. The summed E-state index contributed by atoms with van der Waals surface area (Å²) in [6.07, 6.45) is -0.226. The van der Waals surface area contributed by atoms with Crippen molar-refractivity contribution in [2.45, 2.75) is 18.2 Å². The van der Waals surface area contributed by atoms with E-state index in [1.54, 1.807) is 0 Å². The zero-order valence-corrected chi connectivity index (χ0v) is 11.8. The van der Waals surface area contributed by atoms with Gasteiger partial charge in [-0.15, -0.1) is 0 Å². The van der Waals surface area contributed by atoms with Crippen LogP contribution in [0.2, 0.25) is 5.21 Å². The van der Waals surface area contributed by atoms with Crippen LogP contribution in [0, 0.1) is 0 Å². The average molecular weight is 288 g/mol. The normalized spacial score (nSPS) is 12.6.